The number of morpholine rings is 1. The zero-order valence-corrected chi connectivity index (χ0v) is 14.7. The van der Waals surface area contributed by atoms with E-state index in [1.54, 1.807) is 24.3 Å². The zero-order valence-electron chi connectivity index (χ0n) is 14.7. The van der Waals surface area contributed by atoms with Crippen LogP contribution in [0.1, 0.15) is 23.2 Å². The van der Waals surface area contributed by atoms with Crippen molar-refractivity contribution in [2.45, 2.75) is 19.6 Å². The van der Waals surface area contributed by atoms with Crippen molar-refractivity contribution in [3.05, 3.63) is 53.7 Å². The van der Waals surface area contributed by atoms with Crippen molar-refractivity contribution in [2.24, 2.45) is 0 Å². The van der Waals surface area contributed by atoms with Crippen LogP contribution >= 0.6 is 0 Å². The van der Waals surface area contributed by atoms with Crippen LogP contribution < -0.4 is 10.1 Å². The van der Waals surface area contributed by atoms with Crippen LogP contribution in [0.3, 0.4) is 0 Å². The summed E-state index contributed by atoms with van der Waals surface area (Å²) >= 11 is 0. The Morgan fingerprint density at radius 1 is 1.23 bits per heavy atom. The highest BCUT2D eigenvalue weighted by Gasteiger charge is 2.18. The van der Waals surface area contributed by atoms with E-state index in [-0.39, 0.29) is 30.1 Å². The molecule has 1 aromatic carbocycles. The SMILES string of the molecule is CC(CNC(=O)c1ccc(COc2ccc(F)cc2)o1)N1CCOCC1. The summed E-state index contributed by atoms with van der Waals surface area (Å²) in [6, 6.07) is 9.29. The van der Waals surface area contributed by atoms with E-state index in [0.717, 1.165) is 26.3 Å². The molecule has 26 heavy (non-hydrogen) atoms. The molecule has 1 aliphatic rings. The van der Waals surface area contributed by atoms with Crippen molar-refractivity contribution >= 4 is 5.91 Å². The number of benzene rings is 1. The molecule has 0 radical (unpaired) electrons. The third-order valence-electron chi connectivity index (χ3n) is 4.31. The maximum Gasteiger partial charge on any atom is 0.287 e. The summed E-state index contributed by atoms with van der Waals surface area (Å²) in [7, 11) is 0. The fraction of sp³-hybridized carbons (Fsp3) is 0.421. The lowest BCUT2D eigenvalue weighted by Crippen LogP contribution is -2.47. The number of ether oxygens (including phenoxy) is 2. The van der Waals surface area contributed by atoms with E-state index in [9.17, 15) is 9.18 Å². The highest BCUT2D eigenvalue weighted by molar-refractivity contribution is 5.91. The van der Waals surface area contributed by atoms with Gasteiger partial charge in [-0.1, -0.05) is 0 Å². The van der Waals surface area contributed by atoms with E-state index in [4.69, 9.17) is 13.9 Å². The normalized spacial score (nSPS) is 16.2. The smallest absolute Gasteiger partial charge is 0.287 e. The van der Waals surface area contributed by atoms with Gasteiger partial charge in [-0.3, -0.25) is 9.69 Å². The number of halogens is 1. The maximum atomic E-state index is 12.9. The molecule has 1 aliphatic heterocycles. The second-order valence-corrected chi connectivity index (χ2v) is 6.22. The number of nitrogens with one attached hydrogen (secondary N) is 1. The molecule has 0 saturated carbocycles. The molecule has 140 valence electrons. The lowest BCUT2D eigenvalue weighted by molar-refractivity contribution is 0.0203. The Labute approximate surface area is 151 Å². The van der Waals surface area contributed by atoms with Crippen LogP contribution in [0.4, 0.5) is 4.39 Å². The molecule has 3 rings (SSSR count). The van der Waals surface area contributed by atoms with Gasteiger partial charge in [0.1, 0.15) is 23.9 Å². The molecule has 1 amide bonds. The number of carbonyl (C=O) groups excluding carboxylic acids is 1. The van der Waals surface area contributed by atoms with E-state index in [0.29, 0.717) is 18.1 Å². The second kappa shape index (κ2) is 8.82. The number of amides is 1. The van der Waals surface area contributed by atoms with Gasteiger partial charge in [0.25, 0.3) is 5.91 Å². The van der Waals surface area contributed by atoms with Crippen LogP contribution in [-0.2, 0) is 11.3 Å². The molecule has 0 spiro atoms. The molecule has 6 nitrogen and oxygen atoms in total. The van der Waals surface area contributed by atoms with Gasteiger partial charge in [0.15, 0.2) is 5.76 Å². The predicted octanol–water partition coefficient (Wildman–Crippen LogP) is 2.45. The third kappa shape index (κ3) is 5.06. The summed E-state index contributed by atoms with van der Waals surface area (Å²) in [6.45, 7) is 6.01. The largest absolute Gasteiger partial charge is 0.486 e. The average molecular weight is 362 g/mol. The van der Waals surface area contributed by atoms with Gasteiger partial charge in [-0.25, -0.2) is 4.39 Å². The first-order chi connectivity index (χ1) is 12.6. The lowest BCUT2D eigenvalue weighted by atomic mass is 10.2. The molecule has 7 heteroatoms. The first-order valence-corrected chi connectivity index (χ1v) is 8.69. The first-order valence-electron chi connectivity index (χ1n) is 8.69. The number of carbonyl (C=O) groups is 1. The summed E-state index contributed by atoms with van der Waals surface area (Å²) < 4.78 is 29.2. The van der Waals surface area contributed by atoms with Crippen molar-refractivity contribution in [3.8, 4) is 5.75 Å². The average Bonchev–Trinajstić information content (AvgIpc) is 3.15. The van der Waals surface area contributed by atoms with Crippen molar-refractivity contribution in [1.82, 2.24) is 10.2 Å². The Hall–Kier alpha value is -2.38. The summed E-state index contributed by atoms with van der Waals surface area (Å²) in [5, 5.41) is 2.89. The van der Waals surface area contributed by atoms with Crippen LogP contribution in [0, 0.1) is 5.82 Å². The molecule has 2 aromatic rings. The van der Waals surface area contributed by atoms with Crippen molar-refractivity contribution < 1.29 is 23.1 Å². The fourth-order valence-corrected chi connectivity index (χ4v) is 2.74. The molecule has 1 saturated heterocycles. The van der Waals surface area contributed by atoms with E-state index in [1.165, 1.54) is 12.1 Å². The van der Waals surface area contributed by atoms with Gasteiger partial charge in [0.05, 0.1) is 13.2 Å². The summed E-state index contributed by atoms with van der Waals surface area (Å²) in [5.74, 6) is 0.740. The van der Waals surface area contributed by atoms with Gasteiger partial charge in [-0.2, -0.15) is 0 Å². The van der Waals surface area contributed by atoms with Crippen LogP contribution in [-0.4, -0.2) is 49.7 Å². The highest BCUT2D eigenvalue weighted by atomic mass is 19.1. The number of hydrogen-bond acceptors (Lipinski definition) is 5. The summed E-state index contributed by atoms with van der Waals surface area (Å²) in [4.78, 5) is 14.5. The van der Waals surface area contributed by atoms with Crippen LogP contribution in [0.2, 0.25) is 0 Å². The summed E-state index contributed by atoms with van der Waals surface area (Å²) in [5.41, 5.74) is 0. The minimum absolute atomic E-state index is 0.170. The van der Waals surface area contributed by atoms with Crippen LogP contribution in [0.5, 0.6) is 5.75 Å². The number of nitrogens with zero attached hydrogens (tertiary/aromatic N) is 1. The van der Waals surface area contributed by atoms with Crippen LogP contribution in [0.15, 0.2) is 40.8 Å². The molecule has 1 unspecified atom stereocenters. The number of rotatable bonds is 7. The zero-order chi connectivity index (χ0) is 18.4. The Morgan fingerprint density at radius 3 is 2.69 bits per heavy atom. The van der Waals surface area contributed by atoms with Crippen molar-refractivity contribution in [1.29, 1.82) is 0 Å². The molecule has 0 aliphatic carbocycles. The highest BCUT2D eigenvalue weighted by Crippen LogP contribution is 2.15. The van der Waals surface area contributed by atoms with Gasteiger partial charge in [0.2, 0.25) is 0 Å². The standard InChI is InChI=1S/C19H23FN2O4/c1-14(22-8-10-24-11-9-22)12-21-19(23)18-7-6-17(26-18)13-25-16-4-2-15(20)3-5-16/h2-7,14H,8-13H2,1H3,(H,21,23). The minimum atomic E-state index is -0.319. The van der Waals surface area contributed by atoms with Crippen LogP contribution in [0.25, 0.3) is 0 Å². The minimum Gasteiger partial charge on any atom is -0.486 e. The fourth-order valence-electron chi connectivity index (χ4n) is 2.74. The Balaban J connectivity index is 1.45. The quantitative estimate of drug-likeness (QED) is 0.820. The number of hydrogen-bond donors (Lipinski definition) is 1. The van der Waals surface area contributed by atoms with E-state index >= 15 is 0 Å². The molecular formula is C19H23FN2O4. The van der Waals surface area contributed by atoms with Gasteiger partial charge < -0.3 is 19.2 Å². The molecule has 1 atom stereocenters. The molecule has 2 heterocycles. The number of furan rings is 1. The van der Waals surface area contributed by atoms with Gasteiger partial charge in [-0.05, 0) is 43.3 Å². The Bertz CT molecular complexity index is 711. The third-order valence-corrected chi connectivity index (χ3v) is 4.31. The molecule has 0 bridgehead atoms. The molecule has 1 N–H and O–H groups in total. The monoisotopic (exact) mass is 362 g/mol. The predicted molar refractivity (Wildman–Crippen MR) is 93.6 cm³/mol. The lowest BCUT2D eigenvalue weighted by Gasteiger charge is -2.32. The van der Waals surface area contributed by atoms with E-state index < -0.39 is 0 Å². The molecular weight excluding hydrogens is 339 g/mol. The molecule has 1 aromatic heterocycles. The van der Waals surface area contributed by atoms with E-state index in [1.807, 2.05) is 0 Å². The van der Waals surface area contributed by atoms with Gasteiger partial charge in [0, 0.05) is 25.7 Å². The topological polar surface area (TPSA) is 63.9 Å². The molecule has 1 fully saturated rings. The Morgan fingerprint density at radius 2 is 1.96 bits per heavy atom. The van der Waals surface area contributed by atoms with Gasteiger partial charge >= 0.3 is 0 Å². The van der Waals surface area contributed by atoms with Gasteiger partial charge in [-0.15, -0.1) is 0 Å². The van der Waals surface area contributed by atoms with E-state index in [2.05, 4.69) is 17.1 Å². The first kappa shape index (κ1) is 18.4. The summed E-state index contributed by atoms with van der Waals surface area (Å²) in [6.07, 6.45) is 0. The second-order valence-electron chi connectivity index (χ2n) is 6.22. The van der Waals surface area contributed by atoms with Crippen molar-refractivity contribution in [2.75, 3.05) is 32.8 Å². The van der Waals surface area contributed by atoms with Crippen molar-refractivity contribution in [3.63, 3.8) is 0 Å². The maximum absolute atomic E-state index is 12.9. The Kier molecular flexibility index (Phi) is 6.25.